The van der Waals surface area contributed by atoms with Crippen LogP contribution in [0.2, 0.25) is 0 Å². The Labute approximate surface area is 154 Å². The van der Waals surface area contributed by atoms with Crippen molar-refractivity contribution in [3.8, 4) is 0 Å². The number of H-pyrrole nitrogens is 1. The molecular formula is C18H17N3O6. The van der Waals surface area contributed by atoms with Gasteiger partial charge in [0, 0.05) is 19.6 Å². The first-order valence-corrected chi connectivity index (χ1v) is 8.32. The van der Waals surface area contributed by atoms with E-state index in [1.165, 1.54) is 22.9 Å². The van der Waals surface area contributed by atoms with Gasteiger partial charge in [-0.1, -0.05) is 12.1 Å². The Bertz CT molecular complexity index is 1040. The first-order valence-electron chi connectivity index (χ1n) is 9.02. The lowest BCUT2D eigenvalue weighted by atomic mass is 10.1. The Hall–Kier alpha value is -3.04. The van der Waals surface area contributed by atoms with Crippen LogP contribution in [0.3, 0.4) is 0 Å². The first kappa shape index (κ1) is 16.2. The normalized spacial score (nSPS) is 25.0. The van der Waals surface area contributed by atoms with Crippen LogP contribution >= 0.6 is 0 Å². The van der Waals surface area contributed by atoms with Gasteiger partial charge in [-0.3, -0.25) is 28.8 Å². The third-order valence-electron chi connectivity index (χ3n) is 4.63. The van der Waals surface area contributed by atoms with Crippen LogP contribution in [-0.2, 0) is 9.57 Å². The molecule has 27 heavy (non-hydrogen) atoms. The Balaban J connectivity index is 1.57. The number of rotatable bonds is 3. The second-order valence-electron chi connectivity index (χ2n) is 6.44. The minimum Gasteiger partial charge on any atom is -0.352 e. The standard InChI is InChI=1S/C18H17N3O6/c1-9-8-20(18(25)19-15(9)22)14-7-13(10(2)26-14)27-21-16(23)11-5-3-4-6-12(11)17(21)24/h3-6,8,10,13-14H,7H2,1-2H3,(H,19,22,25)/t10-,13?,14-/m1/s1/i2D. The van der Waals surface area contributed by atoms with E-state index in [0.29, 0.717) is 10.6 Å². The number of carbonyl (C=O) groups excluding carboxylic acids is 2. The summed E-state index contributed by atoms with van der Waals surface area (Å²) in [5, 5.41) is 0.685. The molecule has 140 valence electrons. The molecule has 3 heterocycles. The van der Waals surface area contributed by atoms with Gasteiger partial charge in [0.2, 0.25) is 0 Å². The number of hydrogen-bond donors (Lipinski definition) is 1. The number of aromatic amines is 1. The number of nitrogens with one attached hydrogen (secondary N) is 1. The van der Waals surface area contributed by atoms with Crippen LogP contribution in [0.15, 0.2) is 40.1 Å². The predicted octanol–water partition coefficient (Wildman–Crippen LogP) is 0.749. The predicted molar refractivity (Wildman–Crippen MR) is 92.1 cm³/mol. The van der Waals surface area contributed by atoms with Crippen LogP contribution in [0.5, 0.6) is 0 Å². The quantitative estimate of drug-likeness (QED) is 0.796. The van der Waals surface area contributed by atoms with Crippen molar-refractivity contribution < 1.29 is 20.5 Å². The van der Waals surface area contributed by atoms with Crippen LogP contribution in [0, 0.1) is 6.92 Å². The molecular weight excluding hydrogens is 354 g/mol. The van der Waals surface area contributed by atoms with Gasteiger partial charge < -0.3 is 4.74 Å². The highest BCUT2D eigenvalue weighted by Crippen LogP contribution is 2.32. The number of amides is 2. The zero-order valence-corrected chi connectivity index (χ0v) is 14.4. The van der Waals surface area contributed by atoms with Crippen molar-refractivity contribution in [2.45, 2.75) is 38.7 Å². The number of benzene rings is 1. The van der Waals surface area contributed by atoms with Crippen LogP contribution < -0.4 is 11.2 Å². The van der Waals surface area contributed by atoms with Crippen molar-refractivity contribution in [3.63, 3.8) is 0 Å². The topological polar surface area (TPSA) is 111 Å². The Morgan fingerprint density at radius 1 is 1.19 bits per heavy atom. The molecule has 2 amide bonds. The average Bonchev–Trinajstić information content (AvgIpc) is 3.20. The molecule has 1 aromatic heterocycles. The number of carbonyl (C=O) groups is 2. The smallest absolute Gasteiger partial charge is 0.330 e. The summed E-state index contributed by atoms with van der Waals surface area (Å²) < 4.78 is 14.6. The van der Waals surface area contributed by atoms with E-state index in [-0.39, 0.29) is 24.4 Å². The first-order chi connectivity index (χ1) is 13.4. The molecule has 0 saturated carbocycles. The summed E-state index contributed by atoms with van der Waals surface area (Å²) >= 11 is 0. The van der Waals surface area contributed by atoms with E-state index < -0.39 is 41.5 Å². The highest BCUT2D eigenvalue weighted by atomic mass is 16.7. The van der Waals surface area contributed by atoms with E-state index in [1.54, 1.807) is 19.1 Å². The number of aryl methyl sites for hydroxylation is 1. The zero-order valence-electron chi connectivity index (χ0n) is 15.4. The van der Waals surface area contributed by atoms with Crippen LogP contribution in [-0.4, -0.2) is 38.6 Å². The van der Waals surface area contributed by atoms with Crippen LogP contribution in [0.1, 0.15) is 47.2 Å². The largest absolute Gasteiger partial charge is 0.352 e. The summed E-state index contributed by atoms with van der Waals surface area (Å²) in [7, 11) is 0. The number of imide groups is 1. The molecule has 4 rings (SSSR count). The summed E-state index contributed by atoms with van der Waals surface area (Å²) in [6, 6.07) is 6.38. The van der Waals surface area contributed by atoms with Crippen LogP contribution in [0.25, 0.3) is 0 Å². The van der Waals surface area contributed by atoms with Gasteiger partial charge in [-0.05, 0) is 26.0 Å². The van der Waals surface area contributed by atoms with Crippen molar-refractivity contribution >= 4 is 11.8 Å². The molecule has 1 saturated heterocycles. The van der Waals surface area contributed by atoms with Gasteiger partial charge in [0.25, 0.3) is 17.4 Å². The minimum atomic E-state index is -0.793. The molecule has 9 nitrogen and oxygen atoms in total. The van der Waals surface area contributed by atoms with Gasteiger partial charge in [0.05, 0.1) is 17.2 Å². The molecule has 1 fully saturated rings. The number of fused-ring (bicyclic) bond motifs is 1. The minimum absolute atomic E-state index is 0.127. The van der Waals surface area contributed by atoms with E-state index in [0.717, 1.165) is 0 Å². The lowest BCUT2D eigenvalue weighted by Gasteiger charge is -2.20. The second-order valence-corrected chi connectivity index (χ2v) is 6.44. The van der Waals surface area contributed by atoms with Gasteiger partial charge in [0.1, 0.15) is 12.3 Å². The fraction of sp³-hybridized carbons (Fsp3) is 0.333. The maximum atomic E-state index is 12.5. The monoisotopic (exact) mass is 372 g/mol. The molecule has 0 aliphatic carbocycles. The molecule has 1 N–H and O–H groups in total. The summed E-state index contributed by atoms with van der Waals surface area (Å²) in [6.07, 6.45) is -0.838. The summed E-state index contributed by atoms with van der Waals surface area (Å²) in [5.74, 6) is -1.16. The molecule has 1 aromatic carbocycles. The van der Waals surface area contributed by atoms with Crippen LogP contribution in [0.4, 0.5) is 0 Å². The average molecular weight is 372 g/mol. The summed E-state index contributed by atoms with van der Waals surface area (Å²) in [4.78, 5) is 56.4. The van der Waals surface area contributed by atoms with E-state index >= 15 is 0 Å². The highest BCUT2D eigenvalue weighted by molar-refractivity contribution is 6.20. The van der Waals surface area contributed by atoms with Gasteiger partial charge in [-0.15, -0.1) is 5.06 Å². The van der Waals surface area contributed by atoms with Gasteiger partial charge in [-0.25, -0.2) is 4.79 Å². The molecule has 0 radical (unpaired) electrons. The molecule has 0 spiro atoms. The van der Waals surface area contributed by atoms with Crippen molar-refractivity contribution in [2.75, 3.05) is 0 Å². The van der Waals surface area contributed by atoms with Crippen molar-refractivity contribution in [2.24, 2.45) is 0 Å². The van der Waals surface area contributed by atoms with Gasteiger partial charge in [-0.2, -0.15) is 0 Å². The third-order valence-corrected chi connectivity index (χ3v) is 4.63. The van der Waals surface area contributed by atoms with Gasteiger partial charge >= 0.3 is 5.69 Å². The number of hydroxylamine groups is 2. The molecule has 1 unspecified atom stereocenters. The van der Waals surface area contributed by atoms with E-state index in [1.807, 2.05) is 0 Å². The maximum absolute atomic E-state index is 12.5. The molecule has 3 atom stereocenters. The summed E-state index contributed by atoms with van der Waals surface area (Å²) in [6.45, 7) is 1.36. The number of nitrogens with zero attached hydrogens (tertiary/aromatic N) is 2. The second kappa shape index (κ2) is 6.29. The molecule has 0 bridgehead atoms. The highest BCUT2D eigenvalue weighted by Gasteiger charge is 2.42. The molecule has 2 aliphatic rings. The fourth-order valence-electron chi connectivity index (χ4n) is 3.18. The van der Waals surface area contributed by atoms with E-state index in [9.17, 15) is 19.2 Å². The lowest BCUT2D eigenvalue weighted by molar-refractivity contribution is -0.146. The summed E-state index contributed by atoms with van der Waals surface area (Å²) in [5.41, 5.74) is -0.313. The molecule has 2 aromatic rings. The molecule has 2 aliphatic heterocycles. The number of aromatic nitrogens is 2. The zero-order chi connectivity index (χ0) is 20.0. The fourth-order valence-corrected chi connectivity index (χ4v) is 3.18. The third kappa shape index (κ3) is 2.81. The SMILES string of the molecule is [2H]C[C@H]1O[C@@H](n2cc(C)c(=O)[nH]c2=O)CC1ON1C(=O)c2ccccc2C1=O. The van der Waals surface area contributed by atoms with E-state index in [2.05, 4.69) is 4.98 Å². The Morgan fingerprint density at radius 2 is 1.85 bits per heavy atom. The number of hydrogen-bond acceptors (Lipinski definition) is 6. The van der Waals surface area contributed by atoms with Crippen molar-refractivity contribution in [1.82, 2.24) is 14.6 Å². The molecule has 9 heteroatoms. The lowest BCUT2D eigenvalue weighted by Crippen LogP contribution is -2.37. The van der Waals surface area contributed by atoms with Crippen molar-refractivity contribution in [3.05, 3.63) is 68.0 Å². The number of ether oxygens (including phenoxy) is 1. The maximum Gasteiger partial charge on any atom is 0.330 e. The van der Waals surface area contributed by atoms with E-state index in [4.69, 9.17) is 10.9 Å². The Kier molecular flexibility index (Phi) is 3.76. The van der Waals surface area contributed by atoms with Gasteiger partial charge in [0.15, 0.2) is 0 Å². The van der Waals surface area contributed by atoms with Crippen molar-refractivity contribution in [1.29, 1.82) is 0 Å². The Morgan fingerprint density at radius 3 is 2.48 bits per heavy atom.